The predicted octanol–water partition coefficient (Wildman–Crippen LogP) is 4.18. The maximum atomic E-state index is 12.5. The highest BCUT2D eigenvalue weighted by molar-refractivity contribution is 5.94. The number of ether oxygens (including phenoxy) is 2. The molecule has 0 radical (unpaired) electrons. The van der Waals surface area contributed by atoms with Crippen molar-refractivity contribution < 1.29 is 14.3 Å². The second kappa shape index (κ2) is 8.62. The molecule has 3 aromatic rings. The van der Waals surface area contributed by atoms with Gasteiger partial charge in [-0.05, 0) is 56.5 Å². The van der Waals surface area contributed by atoms with Crippen molar-refractivity contribution in [2.75, 3.05) is 19.8 Å². The van der Waals surface area contributed by atoms with Gasteiger partial charge in [-0.3, -0.25) is 4.79 Å². The number of nitrogens with zero attached hydrogens (tertiary/aromatic N) is 1. The van der Waals surface area contributed by atoms with Gasteiger partial charge in [0.15, 0.2) is 11.5 Å². The van der Waals surface area contributed by atoms with Crippen LogP contribution in [0, 0.1) is 6.92 Å². The Morgan fingerprint density at radius 3 is 2.52 bits per heavy atom. The number of hydrogen-bond donors (Lipinski definition) is 1. The van der Waals surface area contributed by atoms with Crippen LogP contribution in [-0.4, -0.2) is 30.2 Å². The summed E-state index contributed by atoms with van der Waals surface area (Å²) in [6.07, 6.45) is 0. The molecule has 1 aromatic heterocycles. The highest BCUT2D eigenvalue weighted by Gasteiger charge is 2.12. The normalized spacial score (nSPS) is 10.8. The van der Waals surface area contributed by atoms with Gasteiger partial charge in [0.2, 0.25) is 0 Å². The fourth-order valence-electron chi connectivity index (χ4n) is 3.22. The highest BCUT2D eigenvalue weighted by atomic mass is 16.5. The molecule has 3 rings (SSSR count). The molecule has 5 heteroatoms. The van der Waals surface area contributed by atoms with E-state index in [9.17, 15) is 4.79 Å². The fraction of sp³-hybridized carbons (Fsp3) is 0.318. The van der Waals surface area contributed by atoms with E-state index in [-0.39, 0.29) is 5.91 Å². The van der Waals surface area contributed by atoms with E-state index in [0.29, 0.717) is 36.8 Å². The SMILES string of the molecule is CCOc1ccc(C(=O)NCCn2c(C)cc3ccccc32)cc1OCC. The fourth-order valence-corrected chi connectivity index (χ4v) is 3.22. The summed E-state index contributed by atoms with van der Waals surface area (Å²) in [5.74, 6) is 1.14. The van der Waals surface area contributed by atoms with E-state index >= 15 is 0 Å². The van der Waals surface area contributed by atoms with Gasteiger partial charge in [0.1, 0.15) is 0 Å². The highest BCUT2D eigenvalue weighted by Crippen LogP contribution is 2.28. The minimum atomic E-state index is -0.117. The minimum Gasteiger partial charge on any atom is -0.490 e. The Bertz CT molecular complexity index is 930. The molecule has 5 nitrogen and oxygen atoms in total. The first-order chi connectivity index (χ1) is 13.1. The van der Waals surface area contributed by atoms with Gasteiger partial charge in [-0.15, -0.1) is 0 Å². The second-order valence-electron chi connectivity index (χ2n) is 6.28. The standard InChI is InChI=1S/C22H26N2O3/c1-4-26-20-11-10-18(15-21(20)27-5-2)22(25)23-12-13-24-16(3)14-17-8-6-7-9-19(17)24/h6-11,14-15H,4-5,12-13H2,1-3H3,(H,23,25). The molecule has 0 aliphatic heterocycles. The zero-order valence-corrected chi connectivity index (χ0v) is 16.1. The average molecular weight is 366 g/mol. The number of para-hydroxylation sites is 1. The summed E-state index contributed by atoms with van der Waals surface area (Å²) < 4.78 is 13.4. The molecule has 1 amide bonds. The molecule has 2 aromatic carbocycles. The maximum absolute atomic E-state index is 12.5. The Morgan fingerprint density at radius 1 is 1.00 bits per heavy atom. The van der Waals surface area contributed by atoms with E-state index < -0.39 is 0 Å². The zero-order chi connectivity index (χ0) is 19.2. The molecule has 0 saturated heterocycles. The quantitative estimate of drug-likeness (QED) is 0.651. The smallest absolute Gasteiger partial charge is 0.251 e. The molecule has 0 fully saturated rings. The number of hydrogen-bond acceptors (Lipinski definition) is 3. The number of nitrogens with one attached hydrogen (secondary N) is 1. The third-order valence-corrected chi connectivity index (χ3v) is 4.44. The van der Waals surface area contributed by atoms with Crippen LogP contribution >= 0.6 is 0 Å². The summed E-state index contributed by atoms with van der Waals surface area (Å²) in [6, 6.07) is 15.7. The lowest BCUT2D eigenvalue weighted by Crippen LogP contribution is -2.27. The molecule has 0 spiro atoms. The Kier molecular flexibility index (Phi) is 6.01. The van der Waals surface area contributed by atoms with E-state index in [0.717, 1.165) is 6.54 Å². The van der Waals surface area contributed by atoms with E-state index in [1.54, 1.807) is 18.2 Å². The molecule has 0 unspecified atom stereocenters. The van der Waals surface area contributed by atoms with Crippen molar-refractivity contribution in [2.24, 2.45) is 0 Å². The first kappa shape index (κ1) is 18.8. The summed E-state index contributed by atoms with van der Waals surface area (Å²) in [7, 11) is 0. The van der Waals surface area contributed by atoms with Crippen molar-refractivity contribution in [1.82, 2.24) is 9.88 Å². The lowest BCUT2D eigenvalue weighted by molar-refractivity contribution is 0.0952. The van der Waals surface area contributed by atoms with E-state index in [2.05, 4.69) is 35.0 Å². The van der Waals surface area contributed by atoms with Crippen molar-refractivity contribution in [3.63, 3.8) is 0 Å². The molecular weight excluding hydrogens is 340 g/mol. The number of benzene rings is 2. The van der Waals surface area contributed by atoms with Gasteiger partial charge < -0.3 is 19.4 Å². The Balaban J connectivity index is 1.67. The number of carbonyl (C=O) groups is 1. The Labute approximate surface area is 159 Å². The number of fused-ring (bicyclic) bond motifs is 1. The lowest BCUT2D eigenvalue weighted by Gasteiger charge is -2.13. The van der Waals surface area contributed by atoms with Crippen molar-refractivity contribution >= 4 is 16.8 Å². The number of rotatable bonds is 8. The topological polar surface area (TPSA) is 52.5 Å². The van der Waals surface area contributed by atoms with Crippen molar-refractivity contribution in [1.29, 1.82) is 0 Å². The van der Waals surface area contributed by atoms with Crippen LogP contribution in [0.1, 0.15) is 29.9 Å². The van der Waals surface area contributed by atoms with Crippen molar-refractivity contribution in [3.05, 3.63) is 59.8 Å². The molecule has 0 aliphatic rings. The lowest BCUT2D eigenvalue weighted by atomic mass is 10.2. The number of carbonyl (C=O) groups excluding carboxylic acids is 1. The van der Waals surface area contributed by atoms with Crippen LogP contribution in [0.2, 0.25) is 0 Å². The van der Waals surface area contributed by atoms with Gasteiger partial charge in [-0.2, -0.15) is 0 Å². The van der Waals surface area contributed by atoms with Crippen LogP contribution in [0.25, 0.3) is 10.9 Å². The van der Waals surface area contributed by atoms with Gasteiger partial charge >= 0.3 is 0 Å². The molecule has 1 N–H and O–H groups in total. The molecule has 27 heavy (non-hydrogen) atoms. The molecule has 0 saturated carbocycles. The minimum absolute atomic E-state index is 0.117. The van der Waals surface area contributed by atoms with E-state index in [4.69, 9.17) is 9.47 Å². The monoisotopic (exact) mass is 366 g/mol. The summed E-state index contributed by atoms with van der Waals surface area (Å²) in [6.45, 7) is 8.26. The van der Waals surface area contributed by atoms with Gasteiger partial charge in [0.25, 0.3) is 5.91 Å². The first-order valence-electron chi connectivity index (χ1n) is 9.36. The summed E-state index contributed by atoms with van der Waals surface area (Å²) in [5.41, 5.74) is 2.94. The summed E-state index contributed by atoms with van der Waals surface area (Å²) in [4.78, 5) is 12.5. The molecule has 142 valence electrons. The predicted molar refractivity (Wildman–Crippen MR) is 108 cm³/mol. The number of aryl methyl sites for hydroxylation is 1. The third kappa shape index (κ3) is 4.25. The maximum Gasteiger partial charge on any atom is 0.251 e. The summed E-state index contributed by atoms with van der Waals surface area (Å²) in [5, 5.41) is 4.21. The third-order valence-electron chi connectivity index (χ3n) is 4.44. The molecule has 0 aliphatic carbocycles. The molecule has 0 atom stereocenters. The second-order valence-corrected chi connectivity index (χ2v) is 6.28. The molecule has 0 bridgehead atoms. The van der Waals surface area contributed by atoms with Gasteiger partial charge in [0, 0.05) is 29.9 Å². The molecule has 1 heterocycles. The van der Waals surface area contributed by atoms with Gasteiger partial charge in [0.05, 0.1) is 13.2 Å². The largest absolute Gasteiger partial charge is 0.490 e. The number of amides is 1. The Hall–Kier alpha value is -2.95. The average Bonchev–Trinajstić information content (AvgIpc) is 2.99. The molecular formula is C22H26N2O3. The van der Waals surface area contributed by atoms with Gasteiger partial charge in [-0.25, -0.2) is 0 Å². The van der Waals surface area contributed by atoms with Crippen molar-refractivity contribution in [2.45, 2.75) is 27.3 Å². The Morgan fingerprint density at radius 2 is 1.74 bits per heavy atom. The van der Waals surface area contributed by atoms with Gasteiger partial charge in [-0.1, -0.05) is 18.2 Å². The van der Waals surface area contributed by atoms with Crippen molar-refractivity contribution in [3.8, 4) is 11.5 Å². The van der Waals surface area contributed by atoms with Crippen LogP contribution in [-0.2, 0) is 6.54 Å². The van der Waals surface area contributed by atoms with Crippen LogP contribution in [0.4, 0.5) is 0 Å². The summed E-state index contributed by atoms with van der Waals surface area (Å²) >= 11 is 0. The van der Waals surface area contributed by atoms with Crippen LogP contribution < -0.4 is 14.8 Å². The van der Waals surface area contributed by atoms with E-state index in [1.165, 1.54) is 16.6 Å². The van der Waals surface area contributed by atoms with Crippen LogP contribution in [0.3, 0.4) is 0 Å². The zero-order valence-electron chi connectivity index (χ0n) is 16.1. The van der Waals surface area contributed by atoms with E-state index in [1.807, 2.05) is 26.0 Å². The first-order valence-corrected chi connectivity index (χ1v) is 9.36. The number of aromatic nitrogens is 1. The van der Waals surface area contributed by atoms with Crippen LogP contribution in [0.15, 0.2) is 48.5 Å². The van der Waals surface area contributed by atoms with Crippen LogP contribution in [0.5, 0.6) is 11.5 Å².